The van der Waals surface area contributed by atoms with Gasteiger partial charge in [-0.25, -0.2) is 0 Å². The smallest absolute Gasteiger partial charge is 0.406 e. The van der Waals surface area contributed by atoms with E-state index in [1.807, 2.05) is 13.8 Å². The van der Waals surface area contributed by atoms with Crippen molar-refractivity contribution in [3.8, 4) is 17.6 Å². The molecule has 2 rings (SSSR count). The average Bonchev–Trinajstić information content (AvgIpc) is 2.79. The highest BCUT2D eigenvalue weighted by Gasteiger charge is 2.32. The highest BCUT2D eigenvalue weighted by Crippen LogP contribution is 2.23. The van der Waals surface area contributed by atoms with Crippen LogP contribution in [0.25, 0.3) is 0 Å². The van der Waals surface area contributed by atoms with Gasteiger partial charge in [0.05, 0.1) is 19.3 Å². The Labute approximate surface area is 167 Å². The van der Waals surface area contributed by atoms with Gasteiger partial charge in [-0.1, -0.05) is 18.1 Å². The molecule has 0 saturated carbocycles. The van der Waals surface area contributed by atoms with E-state index in [1.54, 1.807) is 4.90 Å². The molecule has 1 heterocycles. The minimum absolute atomic E-state index is 0.0697. The van der Waals surface area contributed by atoms with Crippen molar-refractivity contribution in [3.63, 3.8) is 0 Å². The van der Waals surface area contributed by atoms with Crippen LogP contribution in [0.1, 0.15) is 26.3 Å². The molecule has 0 aromatic heterocycles. The lowest BCUT2D eigenvalue weighted by atomic mass is 10.2. The Balaban J connectivity index is 2.06. The van der Waals surface area contributed by atoms with E-state index in [0.717, 1.165) is 0 Å². The predicted molar refractivity (Wildman–Crippen MR) is 98.6 cm³/mol. The quantitative estimate of drug-likeness (QED) is 0.698. The molecule has 29 heavy (non-hydrogen) atoms. The third-order valence-corrected chi connectivity index (χ3v) is 4.26. The fourth-order valence-electron chi connectivity index (χ4n) is 2.89. The van der Waals surface area contributed by atoms with Gasteiger partial charge in [-0.3, -0.25) is 9.59 Å². The predicted octanol–water partition coefficient (Wildman–Crippen LogP) is 2.57. The molecular weight excluding hydrogens is 389 g/mol. The van der Waals surface area contributed by atoms with Gasteiger partial charge in [0, 0.05) is 12.6 Å². The van der Waals surface area contributed by atoms with E-state index in [-0.39, 0.29) is 37.4 Å². The maximum Gasteiger partial charge on any atom is 0.573 e. The van der Waals surface area contributed by atoms with Crippen LogP contribution in [-0.2, 0) is 20.9 Å². The van der Waals surface area contributed by atoms with Gasteiger partial charge in [0.2, 0.25) is 5.91 Å². The Hall–Kier alpha value is -2.73. The molecule has 1 atom stereocenters. The van der Waals surface area contributed by atoms with E-state index >= 15 is 0 Å². The standard InChI is InChI=1S/C20H23F3N2O4/c1-4-5-18(26)24-10-17(11-25(14(2)3)19(27)12-24)28-13-15-6-8-16(9-7-15)29-20(21,22)23/h6-9,14,17H,10-13H2,1-3H3. The van der Waals surface area contributed by atoms with Crippen molar-refractivity contribution in [3.05, 3.63) is 29.8 Å². The number of alkyl halides is 3. The molecule has 0 spiro atoms. The first-order chi connectivity index (χ1) is 13.6. The van der Waals surface area contributed by atoms with E-state index in [9.17, 15) is 22.8 Å². The molecule has 1 aromatic rings. The van der Waals surface area contributed by atoms with E-state index < -0.39 is 18.4 Å². The van der Waals surface area contributed by atoms with Crippen LogP contribution in [0.2, 0.25) is 0 Å². The van der Waals surface area contributed by atoms with Crippen LogP contribution in [0.3, 0.4) is 0 Å². The van der Waals surface area contributed by atoms with Crippen LogP contribution in [0.15, 0.2) is 24.3 Å². The van der Waals surface area contributed by atoms with Gasteiger partial charge in [-0.05, 0) is 44.4 Å². The lowest BCUT2D eigenvalue weighted by molar-refractivity contribution is -0.274. The monoisotopic (exact) mass is 412 g/mol. The van der Waals surface area contributed by atoms with E-state index in [2.05, 4.69) is 16.6 Å². The Bertz CT molecular complexity index is 782. The molecule has 1 aromatic carbocycles. The Morgan fingerprint density at radius 3 is 2.45 bits per heavy atom. The van der Waals surface area contributed by atoms with Crippen molar-refractivity contribution in [1.82, 2.24) is 9.80 Å². The zero-order chi connectivity index (χ0) is 21.6. The number of hydrogen-bond acceptors (Lipinski definition) is 4. The van der Waals surface area contributed by atoms with Crippen molar-refractivity contribution >= 4 is 11.8 Å². The molecule has 9 heteroatoms. The molecule has 1 fully saturated rings. The first-order valence-electron chi connectivity index (χ1n) is 9.06. The number of rotatable bonds is 5. The molecule has 6 nitrogen and oxygen atoms in total. The second-order valence-electron chi connectivity index (χ2n) is 6.83. The Morgan fingerprint density at radius 1 is 1.24 bits per heavy atom. The van der Waals surface area contributed by atoms with Crippen LogP contribution in [0.5, 0.6) is 5.75 Å². The van der Waals surface area contributed by atoms with Crippen molar-refractivity contribution in [2.24, 2.45) is 0 Å². The molecule has 0 radical (unpaired) electrons. The topological polar surface area (TPSA) is 59.1 Å². The Morgan fingerprint density at radius 2 is 1.90 bits per heavy atom. The van der Waals surface area contributed by atoms with Crippen LogP contribution in [-0.4, -0.2) is 59.8 Å². The third-order valence-electron chi connectivity index (χ3n) is 4.26. The van der Waals surface area contributed by atoms with Gasteiger partial charge in [0.1, 0.15) is 12.3 Å². The highest BCUT2D eigenvalue weighted by atomic mass is 19.4. The molecule has 1 saturated heterocycles. The maximum absolute atomic E-state index is 12.5. The normalized spacial score (nSPS) is 17.6. The molecule has 1 aliphatic rings. The molecule has 2 amide bonds. The SMILES string of the molecule is CC#CC(=O)N1CC(=O)N(C(C)C)CC(OCc2ccc(OC(F)(F)F)cc2)C1. The number of amides is 2. The molecule has 0 bridgehead atoms. The molecular formula is C20H23F3N2O4. The van der Waals surface area contributed by atoms with Crippen LogP contribution >= 0.6 is 0 Å². The van der Waals surface area contributed by atoms with E-state index in [1.165, 1.54) is 36.1 Å². The minimum atomic E-state index is -4.75. The van der Waals surface area contributed by atoms with Gasteiger partial charge in [-0.15, -0.1) is 13.2 Å². The molecule has 0 aliphatic carbocycles. The Kier molecular flexibility index (Phi) is 7.51. The van der Waals surface area contributed by atoms with Crippen LogP contribution in [0, 0.1) is 11.8 Å². The number of ether oxygens (including phenoxy) is 2. The molecule has 1 aliphatic heterocycles. The van der Waals surface area contributed by atoms with Gasteiger partial charge in [-0.2, -0.15) is 0 Å². The largest absolute Gasteiger partial charge is 0.573 e. The summed E-state index contributed by atoms with van der Waals surface area (Å²) >= 11 is 0. The molecule has 158 valence electrons. The summed E-state index contributed by atoms with van der Waals surface area (Å²) in [5.74, 6) is 4.00. The summed E-state index contributed by atoms with van der Waals surface area (Å²) in [4.78, 5) is 27.6. The zero-order valence-electron chi connectivity index (χ0n) is 16.5. The third kappa shape index (κ3) is 6.98. The maximum atomic E-state index is 12.5. The number of hydrogen-bond donors (Lipinski definition) is 0. The second kappa shape index (κ2) is 9.65. The zero-order valence-corrected chi connectivity index (χ0v) is 16.5. The average molecular weight is 412 g/mol. The van der Waals surface area contributed by atoms with Gasteiger partial charge in [0.25, 0.3) is 5.91 Å². The lowest BCUT2D eigenvalue weighted by Crippen LogP contribution is -2.42. The van der Waals surface area contributed by atoms with Gasteiger partial charge >= 0.3 is 6.36 Å². The summed E-state index contributed by atoms with van der Waals surface area (Å²) in [5, 5.41) is 0. The second-order valence-corrected chi connectivity index (χ2v) is 6.83. The first kappa shape index (κ1) is 22.6. The summed E-state index contributed by atoms with van der Waals surface area (Å²) in [6.45, 7) is 5.81. The van der Waals surface area contributed by atoms with Crippen molar-refractivity contribution in [1.29, 1.82) is 0 Å². The van der Waals surface area contributed by atoms with Crippen molar-refractivity contribution in [2.75, 3.05) is 19.6 Å². The fourth-order valence-corrected chi connectivity index (χ4v) is 2.89. The van der Waals surface area contributed by atoms with E-state index in [4.69, 9.17) is 4.74 Å². The number of halogens is 3. The van der Waals surface area contributed by atoms with Crippen LogP contribution in [0.4, 0.5) is 13.2 Å². The summed E-state index contributed by atoms with van der Waals surface area (Å²) in [6, 6.07) is 5.27. The molecule has 0 N–H and O–H groups in total. The van der Waals surface area contributed by atoms with Gasteiger partial charge < -0.3 is 19.3 Å². The summed E-state index contributed by atoms with van der Waals surface area (Å²) in [6.07, 6.45) is -5.21. The summed E-state index contributed by atoms with van der Waals surface area (Å²) in [7, 11) is 0. The number of benzene rings is 1. The van der Waals surface area contributed by atoms with E-state index in [0.29, 0.717) is 12.1 Å². The number of carbonyl (C=O) groups is 2. The summed E-state index contributed by atoms with van der Waals surface area (Å²) < 4.78 is 46.4. The fraction of sp³-hybridized carbons (Fsp3) is 0.500. The van der Waals surface area contributed by atoms with Crippen molar-refractivity contribution in [2.45, 2.75) is 45.9 Å². The highest BCUT2D eigenvalue weighted by molar-refractivity contribution is 5.96. The first-order valence-corrected chi connectivity index (χ1v) is 9.06. The number of carbonyl (C=O) groups excluding carboxylic acids is 2. The minimum Gasteiger partial charge on any atom is -0.406 e. The van der Waals surface area contributed by atoms with Crippen molar-refractivity contribution < 1.29 is 32.2 Å². The summed E-state index contributed by atoms with van der Waals surface area (Å²) in [5.41, 5.74) is 0.637. The van der Waals surface area contributed by atoms with Gasteiger partial charge in [0.15, 0.2) is 0 Å². The number of nitrogens with zero attached hydrogens (tertiary/aromatic N) is 2. The van der Waals surface area contributed by atoms with Crippen LogP contribution < -0.4 is 4.74 Å². The lowest BCUT2D eigenvalue weighted by Gasteiger charge is -2.27. The molecule has 1 unspecified atom stereocenters.